The number of hydrogen-bond donors (Lipinski definition) is 1. The van der Waals surface area contributed by atoms with Gasteiger partial charge in [0.1, 0.15) is 11.8 Å². The maximum atomic E-state index is 13.7. The van der Waals surface area contributed by atoms with Crippen LogP contribution in [-0.2, 0) is 22.6 Å². The summed E-state index contributed by atoms with van der Waals surface area (Å²) in [7, 11) is 0. The van der Waals surface area contributed by atoms with Crippen LogP contribution in [0.1, 0.15) is 42.5 Å². The van der Waals surface area contributed by atoms with Crippen LogP contribution in [0.5, 0.6) is 5.75 Å². The van der Waals surface area contributed by atoms with Crippen molar-refractivity contribution in [1.29, 1.82) is 0 Å². The van der Waals surface area contributed by atoms with Crippen LogP contribution in [0.4, 0.5) is 0 Å². The second-order valence-corrected chi connectivity index (χ2v) is 10.1. The summed E-state index contributed by atoms with van der Waals surface area (Å²) < 4.78 is 5.90. The van der Waals surface area contributed by atoms with Gasteiger partial charge < -0.3 is 15.0 Å². The molecule has 0 aliphatic rings. The van der Waals surface area contributed by atoms with Crippen LogP contribution in [0, 0.1) is 13.8 Å². The predicted octanol–water partition coefficient (Wildman–Crippen LogP) is 6.54. The molecule has 0 unspecified atom stereocenters. The Hall–Kier alpha value is -3.02. The van der Waals surface area contributed by atoms with Crippen molar-refractivity contribution in [2.24, 2.45) is 0 Å². The first kappa shape index (κ1) is 28.5. The molecule has 0 saturated heterocycles. The van der Waals surface area contributed by atoms with E-state index < -0.39 is 6.04 Å². The Balaban J connectivity index is 1.92. The van der Waals surface area contributed by atoms with Crippen LogP contribution in [0.15, 0.2) is 66.7 Å². The van der Waals surface area contributed by atoms with Gasteiger partial charge in [-0.3, -0.25) is 9.59 Å². The maximum absolute atomic E-state index is 13.7. The van der Waals surface area contributed by atoms with Gasteiger partial charge in [0.25, 0.3) is 5.91 Å². The summed E-state index contributed by atoms with van der Waals surface area (Å²) in [4.78, 5) is 28.8. The molecular weight excluding hydrogens is 507 g/mol. The van der Waals surface area contributed by atoms with Gasteiger partial charge in [-0.15, -0.1) is 0 Å². The van der Waals surface area contributed by atoms with Crippen LogP contribution >= 0.6 is 23.2 Å². The molecule has 0 saturated carbocycles. The van der Waals surface area contributed by atoms with Crippen LogP contribution in [-0.4, -0.2) is 35.4 Å². The summed E-state index contributed by atoms with van der Waals surface area (Å²) >= 11 is 12.4. The summed E-state index contributed by atoms with van der Waals surface area (Å²) in [5.41, 5.74) is 3.57. The lowest BCUT2D eigenvalue weighted by atomic mass is 10.0. The number of rotatable bonds is 11. The lowest BCUT2D eigenvalue weighted by Gasteiger charge is -2.32. The summed E-state index contributed by atoms with van der Waals surface area (Å²) in [6.07, 6.45) is 1.16. The van der Waals surface area contributed by atoms with E-state index >= 15 is 0 Å². The Kier molecular flexibility index (Phi) is 10.4. The zero-order valence-corrected chi connectivity index (χ0v) is 23.3. The van der Waals surface area contributed by atoms with E-state index in [1.54, 1.807) is 17.0 Å². The van der Waals surface area contributed by atoms with Crippen molar-refractivity contribution in [2.45, 2.75) is 59.2 Å². The molecule has 3 aromatic carbocycles. The number of amides is 2. The van der Waals surface area contributed by atoms with E-state index in [1.165, 1.54) is 0 Å². The number of aryl methyl sites for hydroxylation is 2. The second-order valence-electron chi connectivity index (χ2n) is 9.33. The Morgan fingerprint density at radius 2 is 1.57 bits per heavy atom. The average Bonchev–Trinajstić information content (AvgIpc) is 2.89. The molecule has 5 nitrogen and oxygen atoms in total. The first-order valence-corrected chi connectivity index (χ1v) is 13.2. The minimum Gasteiger partial charge on any atom is -0.484 e. The van der Waals surface area contributed by atoms with E-state index in [0.29, 0.717) is 22.2 Å². The summed E-state index contributed by atoms with van der Waals surface area (Å²) in [5.74, 6) is 0.0713. The summed E-state index contributed by atoms with van der Waals surface area (Å²) in [6.45, 7) is 7.78. The molecule has 7 heteroatoms. The first-order chi connectivity index (χ1) is 17.7. The Morgan fingerprint density at radius 1 is 0.946 bits per heavy atom. The predicted molar refractivity (Wildman–Crippen MR) is 150 cm³/mol. The molecule has 37 heavy (non-hydrogen) atoms. The molecular formula is C30H34Cl2N2O3. The van der Waals surface area contributed by atoms with E-state index in [9.17, 15) is 9.59 Å². The molecule has 1 N–H and O–H groups in total. The zero-order chi connectivity index (χ0) is 26.9. The molecule has 0 fully saturated rings. The van der Waals surface area contributed by atoms with Gasteiger partial charge in [0, 0.05) is 29.1 Å². The molecule has 3 aromatic rings. The van der Waals surface area contributed by atoms with Gasteiger partial charge >= 0.3 is 0 Å². The molecule has 0 spiro atoms. The number of nitrogens with one attached hydrogen (secondary N) is 1. The van der Waals surface area contributed by atoms with Gasteiger partial charge in [0.2, 0.25) is 5.91 Å². The lowest BCUT2D eigenvalue weighted by molar-refractivity contribution is -0.143. The Labute approximate surface area is 229 Å². The summed E-state index contributed by atoms with van der Waals surface area (Å²) in [5, 5.41) is 4.34. The van der Waals surface area contributed by atoms with Crippen molar-refractivity contribution >= 4 is 35.0 Å². The van der Waals surface area contributed by atoms with E-state index in [1.807, 2.05) is 82.3 Å². The van der Waals surface area contributed by atoms with Crippen molar-refractivity contribution in [3.63, 3.8) is 0 Å². The van der Waals surface area contributed by atoms with Crippen molar-refractivity contribution in [3.8, 4) is 5.75 Å². The van der Waals surface area contributed by atoms with Gasteiger partial charge in [-0.2, -0.15) is 0 Å². The molecule has 0 bridgehead atoms. The van der Waals surface area contributed by atoms with Crippen LogP contribution in [0.25, 0.3) is 0 Å². The van der Waals surface area contributed by atoms with Gasteiger partial charge in [-0.1, -0.05) is 72.6 Å². The molecule has 196 valence electrons. The fourth-order valence-corrected chi connectivity index (χ4v) is 4.23. The van der Waals surface area contributed by atoms with E-state index in [4.69, 9.17) is 27.9 Å². The average molecular weight is 542 g/mol. The SMILES string of the molecule is CC[C@@H](C)NC(=O)[C@@H](Cc1ccccc1)N(Cc1ccc(Cl)cc1)C(=O)COc1cc(C)c(Cl)c(C)c1. The Bertz CT molecular complexity index is 1180. The van der Waals surface area contributed by atoms with Gasteiger partial charge in [0.15, 0.2) is 6.61 Å². The first-order valence-electron chi connectivity index (χ1n) is 12.5. The van der Waals surface area contributed by atoms with Crippen LogP contribution < -0.4 is 10.1 Å². The lowest BCUT2D eigenvalue weighted by Crippen LogP contribution is -2.53. The number of carbonyl (C=O) groups excluding carboxylic acids is 2. The minimum atomic E-state index is -0.725. The second kappa shape index (κ2) is 13.5. The van der Waals surface area contributed by atoms with Gasteiger partial charge in [-0.25, -0.2) is 0 Å². The van der Waals surface area contributed by atoms with E-state index in [0.717, 1.165) is 28.7 Å². The third-order valence-electron chi connectivity index (χ3n) is 6.31. The molecule has 0 radical (unpaired) electrons. The molecule has 0 heterocycles. The van der Waals surface area contributed by atoms with Crippen molar-refractivity contribution < 1.29 is 14.3 Å². The number of carbonyl (C=O) groups is 2. The molecule has 0 aliphatic carbocycles. The van der Waals surface area contributed by atoms with Crippen molar-refractivity contribution in [2.75, 3.05) is 6.61 Å². The fourth-order valence-electron chi connectivity index (χ4n) is 4.00. The highest BCUT2D eigenvalue weighted by atomic mass is 35.5. The van der Waals surface area contributed by atoms with E-state index in [-0.39, 0.29) is 31.0 Å². The summed E-state index contributed by atoms with van der Waals surface area (Å²) in [6, 6.07) is 19.9. The molecule has 2 atom stereocenters. The molecule has 3 rings (SSSR count). The maximum Gasteiger partial charge on any atom is 0.261 e. The minimum absolute atomic E-state index is 0.0190. The molecule has 0 aromatic heterocycles. The number of hydrogen-bond acceptors (Lipinski definition) is 3. The van der Waals surface area contributed by atoms with Crippen molar-refractivity contribution in [3.05, 3.63) is 99.0 Å². The largest absolute Gasteiger partial charge is 0.484 e. The fraction of sp³-hybridized carbons (Fsp3) is 0.333. The number of ether oxygens (including phenoxy) is 1. The zero-order valence-electron chi connectivity index (χ0n) is 21.8. The number of benzene rings is 3. The Morgan fingerprint density at radius 3 is 2.16 bits per heavy atom. The van der Waals surface area contributed by atoms with Gasteiger partial charge in [-0.05, 0) is 73.7 Å². The number of nitrogens with zero attached hydrogens (tertiary/aromatic N) is 1. The topological polar surface area (TPSA) is 58.6 Å². The van der Waals surface area contributed by atoms with Crippen molar-refractivity contribution in [1.82, 2.24) is 10.2 Å². The number of halogens is 2. The normalized spacial score (nSPS) is 12.5. The highest BCUT2D eigenvalue weighted by Gasteiger charge is 2.31. The third kappa shape index (κ3) is 8.24. The highest BCUT2D eigenvalue weighted by molar-refractivity contribution is 6.32. The third-order valence-corrected chi connectivity index (χ3v) is 7.16. The highest BCUT2D eigenvalue weighted by Crippen LogP contribution is 2.26. The molecule has 2 amide bonds. The standard InChI is InChI=1S/C30H34Cl2N2O3/c1-5-22(4)33-30(36)27(17-23-9-7-6-8-10-23)34(18-24-11-13-25(31)14-12-24)28(35)19-37-26-15-20(2)29(32)21(3)16-26/h6-16,22,27H,5,17-19H2,1-4H3,(H,33,36)/t22-,27-/m1/s1. The smallest absolute Gasteiger partial charge is 0.261 e. The van der Waals surface area contributed by atoms with Gasteiger partial charge in [0.05, 0.1) is 0 Å². The quantitative estimate of drug-likeness (QED) is 0.300. The monoisotopic (exact) mass is 540 g/mol. The van der Waals surface area contributed by atoms with E-state index in [2.05, 4.69) is 5.32 Å². The molecule has 0 aliphatic heterocycles. The van der Waals surface area contributed by atoms with Crippen LogP contribution in [0.3, 0.4) is 0 Å². The van der Waals surface area contributed by atoms with Crippen LogP contribution in [0.2, 0.25) is 10.0 Å².